The summed E-state index contributed by atoms with van der Waals surface area (Å²) in [6.45, 7) is 1.29. The van der Waals surface area contributed by atoms with Gasteiger partial charge in [0.15, 0.2) is 5.57 Å². The number of nitriles is 1. The van der Waals surface area contributed by atoms with Gasteiger partial charge in [0.2, 0.25) is 0 Å². The number of aliphatic hydroxyl groups excluding tert-OH is 1. The first kappa shape index (κ1) is 16.7. The number of anilines is 1. The summed E-state index contributed by atoms with van der Waals surface area (Å²) in [5.74, 6) is -0.956. The minimum absolute atomic E-state index is 0. The van der Waals surface area contributed by atoms with Crippen molar-refractivity contribution in [1.82, 2.24) is 0 Å². The lowest BCUT2D eigenvalue weighted by Crippen LogP contribution is -2.15. The SMILES string of the molecule is C.C/C(O)=C(\C#N)C(=O)Nc1cc(Br)ccc1Br. The van der Waals surface area contributed by atoms with Gasteiger partial charge in [0.05, 0.1) is 5.69 Å². The second-order valence-electron chi connectivity index (χ2n) is 3.15. The number of halogens is 2. The van der Waals surface area contributed by atoms with Gasteiger partial charge in [0, 0.05) is 8.95 Å². The van der Waals surface area contributed by atoms with E-state index in [-0.39, 0.29) is 18.8 Å². The maximum atomic E-state index is 11.7. The molecule has 0 spiro atoms. The molecule has 4 nitrogen and oxygen atoms in total. The summed E-state index contributed by atoms with van der Waals surface area (Å²) in [5, 5.41) is 20.4. The van der Waals surface area contributed by atoms with E-state index in [1.54, 1.807) is 24.3 Å². The van der Waals surface area contributed by atoms with E-state index in [1.807, 2.05) is 0 Å². The Labute approximate surface area is 123 Å². The van der Waals surface area contributed by atoms with Gasteiger partial charge in [-0.3, -0.25) is 4.79 Å². The Balaban J connectivity index is 0.00000289. The molecule has 0 radical (unpaired) electrons. The number of aliphatic hydroxyl groups is 1. The Hall–Kier alpha value is -1.32. The number of rotatable bonds is 2. The fraction of sp³-hybridized carbons (Fsp3) is 0.167. The summed E-state index contributed by atoms with van der Waals surface area (Å²) in [4.78, 5) is 11.7. The van der Waals surface area contributed by atoms with Crippen molar-refractivity contribution in [3.05, 3.63) is 38.5 Å². The molecule has 2 N–H and O–H groups in total. The summed E-state index contributed by atoms with van der Waals surface area (Å²) in [7, 11) is 0. The van der Waals surface area contributed by atoms with Gasteiger partial charge in [0.25, 0.3) is 5.91 Å². The van der Waals surface area contributed by atoms with Gasteiger partial charge < -0.3 is 10.4 Å². The highest BCUT2D eigenvalue weighted by Crippen LogP contribution is 2.26. The molecule has 0 aliphatic rings. The van der Waals surface area contributed by atoms with Gasteiger partial charge in [-0.25, -0.2) is 0 Å². The van der Waals surface area contributed by atoms with Gasteiger partial charge in [-0.05, 0) is 41.1 Å². The van der Waals surface area contributed by atoms with Gasteiger partial charge in [-0.15, -0.1) is 0 Å². The Bertz CT molecular complexity index is 529. The van der Waals surface area contributed by atoms with E-state index in [4.69, 9.17) is 10.4 Å². The summed E-state index contributed by atoms with van der Waals surface area (Å²) in [6, 6.07) is 6.89. The molecular formula is C12H12Br2N2O2. The average Bonchev–Trinajstić information content (AvgIpc) is 2.24. The molecule has 0 aliphatic heterocycles. The van der Waals surface area contributed by atoms with Crippen molar-refractivity contribution in [2.24, 2.45) is 0 Å². The average molecular weight is 376 g/mol. The Morgan fingerprint density at radius 2 is 2.06 bits per heavy atom. The van der Waals surface area contributed by atoms with Crippen LogP contribution in [0.1, 0.15) is 14.4 Å². The van der Waals surface area contributed by atoms with Crippen LogP contribution in [0.5, 0.6) is 0 Å². The molecule has 1 aromatic rings. The molecule has 96 valence electrons. The zero-order valence-electron chi connectivity index (χ0n) is 8.79. The number of nitrogens with one attached hydrogen (secondary N) is 1. The molecule has 0 saturated carbocycles. The zero-order chi connectivity index (χ0) is 13.0. The quantitative estimate of drug-likeness (QED) is 0.463. The predicted molar refractivity (Wildman–Crippen MR) is 78.1 cm³/mol. The molecule has 0 unspecified atom stereocenters. The van der Waals surface area contributed by atoms with Gasteiger partial charge in [-0.2, -0.15) is 5.26 Å². The first-order valence-electron chi connectivity index (χ1n) is 4.52. The number of hydrogen-bond acceptors (Lipinski definition) is 3. The number of hydrogen-bond donors (Lipinski definition) is 2. The van der Waals surface area contributed by atoms with E-state index in [1.165, 1.54) is 6.92 Å². The van der Waals surface area contributed by atoms with Crippen LogP contribution in [0.2, 0.25) is 0 Å². The van der Waals surface area contributed by atoms with Crippen molar-refractivity contribution < 1.29 is 9.90 Å². The Morgan fingerprint density at radius 3 is 2.56 bits per heavy atom. The molecule has 18 heavy (non-hydrogen) atoms. The van der Waals surface area contributed by atoms with Crippen LogP contribution in [0.3, 0.4) is 0 Å². The highest BCUT2D eigenvalue weighted by Gasteiger charge is 2.14. The summed E-state index contributed by atoms with van der Waals surface area (Å²) in [6.07, 6.45) is 0. The summed E-state index contributed by atoms with van der Waals surface area (Å²) >= 11 is 6.54. The van der Waals surface area contributed by atoms with Gasteiger partial charge in [0.1, 0.15) is 11.8 Å². The fourth-order valence-electron chi connectivity index (χ4n) is 1.07. The van der Waals surface area contributed by atoms with Crippen LogP contribution in [0.4, 0.5) is 5.69 Å². The smallest absolute Gasteiger partial charge is 0.269 e. The highest BCUT2D eigenvalue weighted by molar-refractivity contribution is 9.11. The van der Waals surface area contributed by atoms with Crippen LogP contribution in [0, 0.1) is 11.3 Å². The highest BCUT2D eigenvalue weighted by atomic mass is 79.9. The Morgan fingerprint density at radius 1 is 1.44 bits per heavy atom. The zero-order valence-corrected chi connectivity index (χ0v) is 12.0. The third kappa shape index (κ3) is 4.17. The molecule has 0 heterocycles. The molecule has 1 aromatic carbocycles. The molecule has 1 amide bonds. The normalized spacial score (nSPS) is 10.8. The third-order valence-corrected chi connectivity index (χ3v) is 3.06. The summed E-state index contributed by atoms with van der Waals surface area (Å²) < 4.78 is 1.47. The lowest BCUT2D eigenvalue weighted by molar-refractivity contribution is -0.112. The lowest BCUT2D eigenvalue weighted by Gasteiger charge is -2.07. The molecule has 0 aliphatic carbocycles. The van der Waals surface area contributed by atoms with Crippen LogP contribution in [0.15, 0.2) is 38.5 Å². The number of carbonyl (C=O) groups excluding carboxylic acids is 1. The third-order valence-electron chi connectivity index (χ3n) is 1.88. The molecule has 1 rings (SSSR count). The minimum atomic E-state index is -0.647. The standard InChI is InChI=1S/C11H8Br2N2O2.CH4/c1-6(16)8(5-14)11(17)15-10-4-7(12)2-3-9(10)13;/h2-4,16H,1H3,(H,15,17);1H4/b8-6-;. The second kappa shape index (κ2) is 7.19. The van der Waals surface area contributed by atoms with E-state index in [0.717, 1.165) is 4.47 Å². The maximum Gasteiger partial charge on any atom is 0.269 e. The van der Waals surface area contributed by atoms with Crippen LogP contribution < -0.4 is 5.32 Å². The molecule has 0 fully saturated rings. The van der Waals surface area contributed by atoms with Crippen molar-refractivity contribution >= 4 is 43.5 Å². The fourth-order valence-corrected chi connectivity index (χ4v) is 1.78. The van der Waals surface area contributed by atoms with Crippen molar-refractivity contribution in [2.45, 2.75) is 14.4 Å². The monoisotopic (exact) mass is 374 g/mol. The number of nitrogens with zero attached hydrogens (tertiary/aromatic N) is 1. The van der Waals surface area contributed by atoms with Crippen molar-refractivity contribution in [3.63, 3.8) is 0 Å². The van der Waals surface area contributed by atoms with E-state index in [9.17, 15) is 4.79 Å². The first-order valence-corrected chi connectivity index (χ1v) is 6.10. The molecule has 0 bridgehead atoms. The van der Waals surface area contributed by atoms with Crippen LogP contribution >= 0.6 is 31.9 Å². The van der Waals surface area contributed by atoms with E-state index in [0.29, 0.717) is 10.2 Å². The first-order chi connectivity index (χ1) is 7.95. The maximum absolute atomic E-state index is 11.7. The molecule has 6 heteroatoms. The van der Waals surface area contributed by atoms with E-state index >= 15 is 0 Å². The van der Waals surface area contributed by atoms with E-state index < -0.39 is 5.91 Å². The van der Waals surface area contributed by atoms with Crippen LogP contribution in [-0.4, -0.2) is 11.0 Å². The molecule has 0 atom stereocenters. The number of carbonyl (C=O) groups is 1. The van der Waals surface area contributed by atoms with Gasteiger partial charge in [-0.1, -0.05) is 23.4 Å². The summed E-state index contributed by atoms with van der Waals surface area (Å²) in [5.41, 5.74) is 0.204. The van der Waals surface area contributed by atoms with Crippen LogP contribution in [0.25, 0.3) is 0 Å². The number of allylic oxidation sites excluding steroid dienone is 1. The number of benzene rings is 1. The molecule has 0 saturated heterocycles. The molecule has 0 aromatic heterocycles. The minimum Gasteiger partial charge on any atom is -0.511 e. The van der Waals surface area contributed by atoms with Crippen molar-refractivity contribution in [3.8, 4) is 6.07 Å². The largest absolute Gasteiger partial charge is 0.511 e. The van der Waals surface area contributed by atoms with E-state index in [2.05, 4.69) is 37.2 Å². The van der Waals surface area contributed by atoms with Gasteiger partial charge >= 0.3 is 0 Å². The topological polar surface area (TPSA) is 73.1 Å². The Kier molecular flexibility index (Phi) is 6.66. The number of amides is 1. The molecular weight excluding hydrogens is 364 g/mol. The second-order valence-corrected chi connectivity index (χ2v) is 4.92. The lowest BCUT2D eigenvalue weighted by atomic mass is 10.2. The van der Waals surface area contributed by atoms with Crippen LogP contribution in [-0.2, 0) is 4.79 Å². The van der Waals surface area contributed by atoms with Crippen molar-refractivity contribution in [1.29, 1.82) is 5.26 Å². The van der Waals surface area contributed by atoms with Crippen molar-refractivity contribution in [2.75, 3.05) is 5.32 Å². The predicted octanol–water partition coefficient (Wildman–Crippen LogP) is 4.14.